The summed E-state index contributed by atoms with van der Waals surface area (Å²) in [6, 6.07) is 0. The molecular weight excluding hydrogens is 368 g/mol. The maximum atomic E-state index is 11.0. The van der Waals surface area contributed by atoms with Crippen LogP contribution in [0.3, 0.4) is 0 Å². The van der Waals surface area contributed by atoms with Crippen LogP contribution in [0.2, 0.25) is 0 Å². The summed E-state index contributed by atoms with van der Waals surface area (Å²) in [5, 5.41) is 21.3. The summed E-state index contributed by atoms with van der Waals surface area (Å²) in [6.45, 7) is 11.7. The third-order valence-corrected chi connectivity index (χ3v) is 10.2. The SMILES string of the molecule is CC(C)[C@@H](C)CC(O)[C@@H](C)C1CC[C@@H]2C[C@H]1CCC1C2=CC=C2C[C@@H](O)CC[C@@]21C. The van der Waals surface area contributed by atoms with E-state index in [-0.39, 0.29) is 17.6 Å². The highest BCUT2D eigenvalue weighted by Crippen LogP contribution is 2.59. The summed E-state index contributed by atoms with van der Waals surface area (Å²) >= 11 is 0. The number of rotatable bonds is 5. The van der Waals surface area contributed by atoms with E-state index in [4.69, 9.17) is 0 Å². The number of aliphatic hydroxyl groups excluding tert-OH is 2. The zero-order valence-corrected chi connectivity index (χ0v) is 20.1. The van der Waals surface area contributed by atoms with Gasteiger partial charge in [0.05, 0.1) is 12.2 Å². The van der Waals surface area contributed by atoms with Crippen LogP contribution in [0.15, 0.2) is 23.3 Å². The minimum atomic E-state index is -0.153. The second-order valence-corrected chi connectivity index (χ2v) is 12.1. The predicted octanol–water partition coefficient (Wildman–Crippen LogP) is 6.53. The van der Waals surface area contributed by atoms with Crippen molar-refractivity contribution < 1.29 is 10.2 Å². The molecule has 0 heterocycles. The van der Waals surface area contributed by atoms with Gasteiger partial charge in [-0.05, 0) is 105 Å². The second kappa shape index (κ2) is 8.74. The summed E-state index contributed by atoms with van der Waals surface area (Å²) in [6.07, 6.45) is 15.1. The maximum absolute atomic E-state index is 11.0. The Hall–Kier alpha value is -0.600. The number of hydrogen-bond acceptors (Lipinski definition) is 2. The average Bonchev–Trinajstić information content (AvgIpc) is 2.85. The van der Waals surface area contributed by atoms with E-state index in [2.05, 4.69) is 46.8 Å². The van der Waals surface area contributed by atoms with E-state index in [0.717, 1.165) is 37.5 Å². The van der Waals surface area contributed by atoms with Gasteiger partial charge in [0.2, 0.25) is 0 Å². The van der Waals surface area contributed by atoms with Crippen LogP contribution in [0.4, 0.5) is 0 Å². The molecule has 0 radical (unpaired) electrons. The highest BCUT2D eigenvalue weighted by atomic mass is 16.3. The molecule has 0 saturated heterocycles. The lowest BCUT2D eigenvalue weighted by Gasteiger charge is -2.48. The highest BCUT2D eigenvalue weighted by molar-refractivity contribution is 5.37. The monoisotopic (exact) mass is 414 g/mol. The van der Waals surface area contributed by atoms with Crippen LogP contribution in [0.25, 0.3) is 0 Å². The van der Waals surface area contributed by atoms with Crippen LogP contribution in [0.1, 0.15) is 92.4 Å². The van der Waals surface area contributed by atoms with Crippen LogP contribution < -0.4 is 0 Å². The van der Waals surface area contributed by atoms with Crippen LogP contribution in [-0.2, 0) is 0 Å². The molecule has 30 heavy (non-hydrogen) atoms. The molecule has 4 aliphatic rings. The van der Waals surface area contributed by atoms with E-state index in [1.807, 2.05) is 0 Å². The lowest BCUT2D eigenvalue weighted by atomic mass is 9.57. The molecule has 2 heteroatoms. The molecule has 3 saturated carbocycles. The topological polar surface area (TPSA) is 40.5 Å². The number of allylic oxidation sites excluding steroid dienone is 3. The largest absolute Gasteiger partial charge is 0.393 e. The molecule has 4 rings (SSSR count). The fourth-order valence-electron chi connectivity index (χ4n) is 7.61. The number of fused-ring (bicyclic) bond motifs is 6. The fraction of sp³-hybridized carbons (Fsp3) is 0.857. The smallest absolute Gasteiger partial charge is 0.0578 e. The van der Waals surface area contributed by atoms with Gasteiger partial charge in [0.1, 0.15) is 0 Å². The Balaban J connectivity index is 1.48. The van der Waals surface area contributed by atoms with Crippen molar-refractivity contribution in [3.05, 3.63) is 23.3 Å². The zero-order chi connectivity index (χ0) is 21.6. The number of aliphatic hydroxyl groups is 2. The molecule has 0 aliphatic heterocycles. The molecule has 0 aromatic carbocycles. The first-order valence-corrected chi connectivity index (χ1v) is 13.0. The van der Waals surface area contributed by atoms with E-state index < -0.39 is 0 Å². The summed E-state index contributed by atoms with van der Waals surface area (Å²) in [7, 11) is 0. The van der Waals surface area contributed by atoms with Gasteiger partial charge in [0.25, 0.3) is 0 Å². The molecular formula is C28H46O2. The lowest BCUT2D eigenvalue weighted by molar-refractivity contribution is 0.0187. The minimum Gasteiger partial charge on any atom is -0.393 e. The van der Waals surface area contributed by atoms with Gasteiger partial charge in [-0.2, -0.15) is 0 Å². The fourth-order valence-corrected chi connectivity index (χ4v) is 7.61. The number of hydrogen-bond donors (Lipinski definition) is 2. The van der Waals surface area contributed by atoms with Crippen LogP contribution in [0.5, 0.6) is 0 Å². The van der Waals surface area contributed by atoms with Crippen molar-refractivity contribution in [3.63, 3.8) is 0 Å². The van der Waals surface area contributed by atoms with Crippen molar-refractivity contribution in [3.8, 4) is 0 Å². The van der Waals surface area contributed by atoms with Crippen molar-refractivity contribution in [2.24, 2.45) is 46.8 Å². The molecule has 0 aromatic rings. The van der Waals surface area contributed by atoms with Gasteiger partial charge < -0.3 is 10.2 Å². The van der Waals surface area contributed by atoms with Gasteiger partial charge in [-0.25, -0.2) is 0 Å². The normalized spacial score (nSPS) is 41.7. The lowest BCUT2D eigenvalue weighted by Crippen LogP contribution is -2.39. The molecule has 0 aromatic heterocycles. The first-order valence-electron chi connectivity index (χ1n) is 13.0. The summed E-state index contributed by atoms with van der Waals surface area (Å²) in [4.78, 5) is 0. The predicted molar refractivity (Wildman–Crippen MR) is 125 cm³/mol. The van der Waals surface area contributed by atoms with Crippen molar-refractivity contribution in [1.29, 1.82) is 0 Å². The molecule has 2 N–H and O–H groups in total. The second-order valence-electron chi connectivity index (χ2n) is 12.1. The Morgan fingerprint density at radius 3 is 2.53 bits per heavy atom. The Kier molecular flexibility index (Phi) is 6.58. The van der Waals surface area contributed by atoms with E-state index >= 15 is 0 Å². The first kappa shape index (κ1) is 22.6. The third-order valence-electron chi connectivity index (χ3n) is 10.2. The van der Waals surface area contributed by atoms with Gasteiger partial charge >= 0.3 is 0 Å². The van der Waals surface area contributed by atoms with Crippen molar-refractivity contribution in [1.82, 2.24) is 0 Å². The van der Waals surface area contributed by atoms with Crippen LogP contribution >= 0.6 is 0 Å². The molecule has 2 bridgehead atoms. The standard InChI is InChI=1S/C28H46O2/c1-17(2)18(3)14-27(30)19(4)24-9-6-21-15-20(24)7-11-26-25(21)10-8-22-16-23(29)12-13-28(22,26)5/h8,10,17-21,23-24,26-27,29-30H,6-7,9,11-16H2,1-5H3/t18-,19-,20+,21+,23-,24?,26?,27?,28-/m0/s1. The average molecular weight is 415 g/mol. The van der Waals surface area contributed by atoms with Gasteiger partial charge in [0, 0.05) is 0 Å². The molecule has 3 unspecified atom stereocenters. The van der Waals surface area contributed by atoms with Crippen molar-refractivity contribution >= 4 is 0 Å². The van der Waals surface area contributed by atoms with E-state index in [1.165, 1.54) is 37.7 Å². The van der Waals surface area contributed by atoms with Crippen LogP contribution in [-0.4, -0.2) is 22.4 Å². The maximum Gasteiger partial charge on any atom is 0.0578 e. The highest BCUT2D eigenvalue weighted by Gasteiger charge is 2.49. The van der Waals surface area contributed by atoms with Gasteiger partial charge in [0.15, 0.2) is 0 Å². The Bertz CT molecular complexity index is 676. The Labute approximate surface area is 185 Å². The minimum absolute atomic E-state index is 0.135. The molecule has 0 spiro atoms. The van der Waals surface area contributed by atoms with Crippen molar-refractivity contribution in [2.75, 3.05) is 0 Å². The summed E-state index contributed by atoms with van der Waals surface area (Å²) in [5.74, 6) is 4.54. The Morgan fingerprint density at radius 2 is 1.80 bits per heavy atom. The van der Waals surface area contributed by atoms with Crippen molar-refractivity contribution in [2.45, 2.75) is 105 Å². The van der Waals surface area contributed by atoms with Gasteiger partial charge in [-0.15, -0.1) is 0 Å². The molecule has 0 amide bonds. The quantitative estimate of drug-likeness (QED) is 0.537. The molecule has 2 nitrogen and oxygen atoms in total. The first-order chi connectivity index (χ1) is 14.2. The third kappa shape index (κ3) is 4.08. The van der Waals surface area contributed by atoms with E-state index in [9.17, 15) is 10.2 Å². The van der Waals surface area contributed by atoms with Gasteiger partial charge in [-0.3, -0.25) is 0 Å². The zero-order valence-electron chi connectivity index (χ0n) is 20.1. The molecule has 9 atom stereocenters. The van der Waals surface area contributed by atoms with Crippen LogP contribution in [0, 0.1) is 46.8 Å². The summed E-state index contributed by atoms with van der Waals surface area (Å²) in [5.41, 5.74) is 3.52. The Morgan fingerprint density at radius 1 is 1.03 bits per heavy atom. The molecule has 170 valence electrons. The molecule has 3 fully saturated rings. The molecule has 4 aliphatic carbocycles. The van der Waals surface area contributed by atoms with E-state index in [1.54, 1.807) is 5.57 Å². The van der Waals surface area contributed by atoms with E-state index in [0.29, 0.717) is 29.6 Å². The van der Waals surface area contributed by atoms with Gasteiger partial charge in [-0.1, -0.05) is 57.9 Å². The summed E-state index contributed by atoms with van der Waals surface area (Å²) < 4.78 is 0.